The maximum atomic E-state index is 11.7. The van der Waals surface area contributed by atoms with Crippen LogP contribution in [0.2, 0.25) is 0 Å². The molecule has 2 atom stereocenters. The van der Waals surface area contributed by atoms with Crippen LogP contribution in [-0.4, -0.2) is 48.5 Å². The lowest BCUT2D eigenvalue weighted by Crippen LogP contribution is -2.51. The van der Waals surface area contributed by atoms with Crippen LogP contribution in [0.3, 0.4) is 0 Å². The predicted molar refractivity (Wildman–Crippen MR) is 63.3 cm³/mol. The van der Waals surface area contributed by atoms with Crippen molar-refractivity contribution in [3.63, 3.8) is 0 Å². The summed E-state index contributed by atoms with van der Waals surface area (Å²) in [4.78, 5) is 22.7. The Morgan fingerprint density at radius 1 is 1.56 bits per heavy atom. The standard InChI is InChI=1S/C10H17N3O2S/c14-9-2-1-7(13-9)5-12-10(15)8-6-16-4-3-11-8/h7-8,11H,1-6H2,(H,12,15)(H,13,14). The number of hydrogen-bond donors (Lipinski definition) is 3. The van der Waals surface area contributed by atoms with Gasteiger partial charge >= 0.3 is 0 Å². The van der Waals surface area contributed by atoms with Crippen molar-refractivity contribution in [1.82, 2.24) is 16.0 Å². The predicted octanol–water partition coefficient (Wildman–Crippen LogP) is -0.914. The molecule has 90 valence electrons. The summed E-state index contributed by atoms with van der Waals surface area (Å²) in [6.45, 7) is 1.44. The second kappa shape index (κ2) is 5.54. The van der Waals surface area contributed by atoms with Gasteiger partial charge in [0.25, 0.3) is 0 Å². The zero-order valence-electron chi connectivity index (χ0n) is 9.12. The molecule has 2 aliphatic rings. The molecule has 0 aromatic rings. The van der Waals surface area contributed by atoms with Crippen molar-refractivity contribution in [2.24, 2.45) is 0 Å². The summed E-state index contributed by atoms with van der Waals surface area (Å²) < 4.78 is 0. The number of carbonyl (C=O) groups is 2. The first-order valence-corrected chi connectivity index (χ1v) is 6.79. The fourth-order valence-corrected chi connectivity index (χ4v) is 2.85. The van der Waals surface area contributed by atoms with Gasteiger partial charge < -0.3 is 16.0 Å². The quantitative estimate of drug-likeness (QED) is 0.600. The van der Waals surface area contributed by atoms with Crippen LogP contribution in [0.15, 0.2) is 0 Å². The number of amides is 2. The smallest absolute Gasteiger partial charge is 0.238 e. The van der Waals surface area contributed by atoms with E-state index in [0.717, 1.165) is 24.5 Å². The highest BCUT2D eigenvalue weighted by Crippen LogP contribution is 2.08. The van der Waals surface area contributed by atoms with E-state index in [2.05, 4.69) is 16.0 Å². The van der Waals surface area contributed by atoms with Gasteiger partial charge in [0, 0.05) is 37.1 Å². The van der Waals surface area contributed by atoms with Crippen molar-refractivity contribution < 1.29 is 9.59 Å². The number of hydrogen-bond acceptors (Lipinski definition) is 4. The summed E-state index contributed by atoms with van der Waals surface area (Å²) in [6.07, 6.45) is 1.41. The molecule has 3 N–H and O–H groups in total. The van der Waals surface area contributed by atoms with Crippen molar-refractivity contribution in [3.8, 4) is 0 Å². The van der Waals surface area contributed by atoms with Gasteiger partial charge in [-0.15, -0.1) is 0 Å². The molecular formula is C10H17N3O2S. The minimum absolute atomic E-state index is 0.0494. The molecule has 6 heteroatoms. The van der Waals surface area contributed by atoms with E-state index >= 15 is 0 Å². The molecule has 16 heavy (non-hydrogen) atoms. The summed E-state index contributed by atoms with van der Waals surface area (Å²) in [7, 11) is 0. The molecule has 2 amide bonds. The van der Waals surface area contributed by atoms with E-state index in [1.807, 2.05) is 0 Å². The van der Waals surface area contributed by atoms with E-state index in [9.17, 15) is 9.59 Å². The molecular weight excluding hydrogens is 226 g/mol. The lowest BCUT2D eigenvalue weighted by molar-refractivity contribution is -0.123. The SMILES string of the molecule is O=C1CCC(CNC(=O)C2CSCCN2)N1. The van der Waals surface area contributed by atoms with Crippen LogP contribution in [0.4, 0.5) is 0 Å². The fraction of sp³-hybridized carbons (Fsp3) is 0.800. The lowest BCUT2D eigenvalue weighted by Gasteiger charge is -2.23. The third kappa shape index (κ3) is 3.12. The Morgan fingerprint density at radius 2 is 2.44 bits per heavy atom. The summed E-state index contributed by atoms with van der Waals surface area (Å²) >= 11 is 1.80. The second-order valence-corrected chi connectivity index (χ2v) is 5.28. The molecule has 2 aliphatic heterocycles. The topological polar surface area (TPSA) is 70.2 Å². The maximum Gasteiger partial charge on any atom is 0.238 e. The molecule has 0 aliphatic carbocycles. The molecule has 0 aromatic carbocycles. The lowest BCUT2D eigenvalue weighted by atomic mass is 10.2. The van der Waals surface area contributed by atoms with Gasteiger partial charge in [0.15, 0.2) is 0 Å². The van der Waals surface area contributed by atoms with Crippen molar-refractivity contribution >= 4 is 23.6 Å². The van der Waals surface area contributed by atoms with E-state index in [-0.39, 0.29) is 23.9 Å². The van der Waals surface area contributed by atoms with E-state index in [1.54, 1.807) is 11.8 Å². The summed E-state index contributed by atoms with van der Waals surface area (Å²) in [5.41, 5.74) is 0. The van der Waals surface area contributed by atoms with Crippen LogP contribution in [-0.2, 0) is 9.59 Å². The van der Waals surface area contributed by atoms with Crippen molar-refractivity contribution in [2.75, 3.05) is 24.6 Å². The van der Waals surface area contributed by atoms with E-state index in [0.29, 0.717) is 13.0 Å². The minimum Gasteiger partial charge on any atom is -0.353 e. The summed E-state index contributed by atoms with van der Waals surface area (Å²) in [6, 6.07) is 0.0450. The molecule has 2 saturated heterocycles. The van der Waals surface area contributed by atoms with Crippen molar-refractivity contribution in [2.45, 2.75) is 24.9 Å². The highest BCUT2D eigenvalue weighted by molar-refractivity contribution is 7.99. The second-order valence-electron chi connectivity index (χ2n) is 4.13. The van der Waals surface area contributed by atoms with Gasteiger partial charge in [0.2, 0.25) is 11.8 Å². The Morgan fingerprint density at radius 3 is 3.06 bits per heavy atom. The van der Waals surface area contributed by atoms with E-state index in [4.69, 9.17) is 0 Å². The van der Waals surface area contributed by atoms with Crippen molar-refractivity contribution in [1.29, 1.82) is 0 Å². The molecule has 0 aromatic heterocycles. The molecule has 0 spiro atoms. The third-order valence-electron chi connectivity index (χ3n) is 2.85. The van der Waals surface area contributed by atoms with Gasteiger partial charge in [0.1, 0.15) is 0 Å². The summed E-state index contributed by atoms with van der Waals surface area (Å²) in [5.74, 6) is 2.05. The van der Waals surface area contributed by atoms with Crippen LogP contribution in [0.1, 0.15) is 12.8 Å². The van der Waals surface area contributed by atoms with Gasteiger partial charge in [-0.1, -0.05) is 0 Å². The molecule has 0 saturated carbocycles. The van der Waals surface area contributed by atoms with Gasteiger partial charge in [0.05, 0.1) is 6.04 Å². The highest BCUT2D eigenvalue weighted by Gasteiger charge is 2.24. The molecule has 2 rings (SSSR count). The van der Waals surface area contributed by atoms with Crippen LogP contribution in [0.5, 0.6) is 0 Å². The maximum absolute atomic E-state index is 11.7. The molecule has 2 heterocycles. The Hall–Kier alpha value is -0.750. The number of nitrogens with one attached hydrogen (secondary N) is 3. The van der Waals surface area contributed by atoms with Crippen LogP contribution in [0, 0.1) is 0 Å². The number of carbonyl (C=O) groups excluding carboxylic acids is 2. The Bertz CT molecular complexity index is 279. The first-order chi connectivity index (χ1) is 7.75. The monoisotopic (exact) mass is 243 g/mol. The van der Waals surface area contributed by atoms with Crippen LogP contribution < -0.4 is 16.0 Å². The Labute approximate surface area is 99.1 Å². The average molecular weight is 243 g/mol. The van der Waals surface area contributed by atoms with Gasteiger partial charge in [-0.05, 0) is 6.42 Å². The van der Waals surface area contributed by atoms with Crippen molar-refractivity contribution in [3.05, 3.63) is 0 Å². The molecule has 0 bridgehead atoms. The Balaban J connectivity index is 1.68. The van der Waals surface area contributed by atoms with Gasteiger partial charge in [-0.25, -0.2) is 0 Å². The van der Waals surface area contributed by atoms with Crippen LogP contribution in [0.25, 0.3) is 0 Å². The number of rotatable bonds is 3. The zero-order valence-corrected chi connectivity index (χ0v) is 9.94. The zero-order chi connectivity index (χ0) is 11.4. The van der Waals surface area contributed by atoms with Gasteiger partial charge in [-0.3, -0.25) is 9.59 Å². The first-order valence-electron chi connectivity index (χ1n) is 5.64. The fourth-order valence-electron chi connectivity index (χ4n) is 1.91. The number of thioether (sulfide) groups is 1. The Kier molecular flexibility index (Phi) is 4.06. The third-order valence-corrected chi connectivity index (χ3v) is 3.91. The first kappa shape index (κ1) is 11.7. The molecule has 5 nitrogen and oxygen atoms in total. The summed E-state index contributed by atoms with van der Waals surface area (Å²) in [5, 5.41) is 8.90. The minimum atomic E-state index is -0.0733. The normalized spacial score (nSPS) is 29.9. The van der Waals surface area contributed by atoms with E-state index < -0.39 is 0 Å². The largest absolute Gasteiger partial charge is 0.353 e. The van der Waals surface area contributed by atoms with Gasteiger partial charge in [-0.2, -0.15) is 11.8 Å². The highest BCUT2D eigenvalue weighted by atomic mass is 32.2. The van der Waals surface area contributed by atoms with E-state index in [1.165, 1.54) is 0 Å². The van der Waals surface area contributed by atoms with Crippen LogP contribution >= 0.6 is 11.8 Å². The molecule has 2 fully saturated rings. The molecule has 0 radical (unpaired) electrons. The molecule has 2 unspecified atom stereocenters. The average Bonchev–Trinajstić information content (AvgIpc) is 2.73.